The zero-order chi connectivity index (χ0) is 22.1. The summed E-state index contributed by atoms with van der Waals surface area (Å²) in [6.07, 6.45) is 1.50. The number of amides is 1. The minimum absolute atomic E-state index is 0.177. The fourth-order valence-electron chi connectivity index (χ4n) is 2.56. The summed E-state index contributed by atoms with van der Waals surface area (Å²) in [6.45, 7) is 0.206. The van der Waals surface area contributed by atoms with Gasteiger partial charge in [0.2, 0.25) is 0 Å². The third kappa shape index (κ3) is 7.31. The zero-order valence-electron chi connectivity index (χ0n) is 16.7. The van der Waals surface area contributed by atoms with Gasteiger partial charge in [0.1, 0.15) is 23.9 Å². The van der Waals surface area contributed by atoms with Crippen molar-refractivity contribution in [2.75, 3.05) is 13.7 Å². The van der Waals surface area contributed by atoms with E-state index < -0.39 is 5.91 Å². The maximum Gasteiger partial charge on any atom is 0.277 e. The quantitative estimate of drug-likeness (QED) is 0.321. The summed E-state index contributed by atoms with van der Waals surface area (Å²) in [5.74, 6) is 1.40. The Hall–Kier alpha value is -3.03. The van der Waals surface area contributed by atoms with Gasteiger partial charge in [0.05, 0.1) is 13.3 Å². The van der Waals surface area contributed by atoms with Crippen molar-refractivity contribution in [3.05, 3.63) is 87.4 Å². The Balaban J connectivity index is 1.59. The number of ether oxygens (including phenoxy) is 3. The Morgan fingerprint density at radius 3 is 2.58 bits per heavy atom. The average Bonchev–Trinajstić information content (AvgIpc) is 2.78. The molecule has 3 aromatic rings. The van der Waals surface area contributed by atoms with Crippen molar-refractivity contribution in [2.24, 2.45) is 5.10 Å². The molecule has 0 spiro atoms. The average molecular weight is 504 g/mol. The van der Waals surface area contributed by atoms with Gasteiger partial charge >= 0.3 is 0 Å². The lowest BCUT2D eigenvalue weighted by atomic mass is 10.2. The second-order valence-corrected chi connectivity index (χ2v) is 7.71. The van der Waals surface area contributed by atoms with E-state index in [0.29, 0.717) is 34.4 Å². The first-order valence-corrected chi connectivity index (χ1v) is 10.5. The van der Waals surface area contributed by atoms with E-state index in [2.05, 4.69) is 26.5 Å². The number of hydrazone groups is 1. The van der Waals surface area contributed by atoms with E-state index in [1.807, 2.05) is 24.3 Å². The minimum atomic E-state index is -0.397. The van der Waals surface area contributed by atoms with E-state index in [-0.39, 0.29) is 6.61 Å². The number of halogens is 2. The molecule has 0 heterocycles. The number of methoxy groups -OCH3 is 1. The number of hydrogen-bond donors (Lipinski definition) is 1. The van der Waals surface area contributed by atoms with Gasteiger partial charge in [-0.25, -0.2) is 5.43 Å². The Kier molecular flexibility index (Phi) is 8.32. The highest BCUT2D eigenvalue weighted by molar-refractivity contribution is 9.10. The van der Waals surface area contributed by atoms with E-state index in [1.165, 1.54) is 6.21 Å². The lowest BCUT2D eigenvalue weighted by molar-refractivity contribution is -0.123. The molecular formula is C23H20BrClN2O4. The summed E-state index contributed by atoms with van der Waals surface area (Å²) in [4.78, 5) is 12.0. The Bertz CT molecular complexity index is 1060. The van der Waals surface area contributed by atoms with Crippen LogP contribution in [0.5, 0.6) is 17.2 Å². The van der Waals surface area contributed by atoms with Crippen molar-refractivity contribution >= 4 is 39.7 Å². The summed E-state index contributed by atoms with van der Waals surface area (Å²) in [6, 6.07) is 20.0. The van der Waals surface area contributed by atoms with Crippen LogP contribution in [0.4, 0.5) is 0 Å². The number of benzene rings is 3. The molecule has 0 aliphatic rings. The molecule has 0 aliphatic carbocycles. The number of nitrogens with one attached hydrogen (secondary N) is 1. The molecule has 0 atom stereocenters. The number of carbonyl (C=O) groups excluding carboxylic acids is 1. The summed E-state index contributed by atoms with van der Waals surface area (Å²) in [7, 11) is 1.58. The predicted octanol–water partition coefficient (Wildman–Crippen LogP) is 5.22. The van der Waals surface area contributed by atoms with Crippen LogP contribution in [0.1, 0.15) is 11.1 Å². The summed E-state index contributed by atoms with van der Waals surface area (Å²) in [5.41, 5.74) is 4.11. The zero-order valence-corrected chi connectivity index (χ0v) is 19.0. The molecule has 0 unspecified atom stereocenters. The van der Waals surface area contributed by atoms with E-state index >= 15 is 0 Å². The third-order valence-corrected chi connectivity index (χ3v) is 4.82. The van der Waals surface area contributed by atoms with Gasteiger partial charge in [0.25, 0.3) is 5.91 Å². The lowest BCUT2D eigenvalue weighted by Gasteiger charge is -2.11. The molecular weight excluding hydrogens is 484 g/mol. The van der Waals surface area contributed by atoms with Gasteiger partial charge in [0.15, 0.2) is 6.61 Å². The van der Waals surface area contributed by atoms with E-state index in [9.17, 15) is 4.79 Å². The fraction of sp³-hybridized carbons (Fsp3) is 0.130. The van der Waals surface area contributed by atoms with Gasteiger partial charge in [-0.15, -0.1) is 0 Å². The van der Waals surface area contributed by atoms with Gasteiger partial charge in [0, 0.05) is 15.1 Å². The molecule has 3 aromatic carbocycles. The van der Waals surface area contributed by atoms with Crippen LogP contribution >= 0.6 is 27.5 Å². The van der Waals surface area contributed by atoms with Crippen molar-refractivity contribution in [2.45, 2.75) is 6.61 Å². The molecule has 0 fully saturated rings. The highest BCUT2D eigenvalue weighted by Crippen LogP contribution is 2.24. The van der Waals surface area contributed by atoms with Crippen LogP contribution in [-0.4, -0.2) is 25.8 Å². The standard InChI is InChI=1S/C23H20BrClN2O4/c1-29-21-9-10-22(31-14-16-3-2-4-18(24)11-16)17(12-21)13-26-27-23(28)15-30-20-7-5-19(25)6-8-20/h2-13H,14-15H2,1H3,(H,27,28)/b26-13-. The first-order chi connectivity index (χ1) is 15.0. The second-order valence-electron chi connectivity index (χ2n) is 6.36. The van der Waals surface area contributed by atoms with Crippen LogP contribution in [0.25, 0.3) is 0 Å². The molecule has 1 N–H and O–H groups in total. The molecule has 6 nitrogen and oxygen atoms in total. The van der Waals surface area contributed by atoms with Gasteiger partial charge < -0.3 is 14.2 Å². The number of carbonyl (C=O) groups is 1. The van der Waals surface area contributed by atoms with Crippen LogP contribution < -0.4 is 19.6 Å². The van der Waals surface area contributed by atoms with Crippen molar-refractivity contribution in [3.63, 3.8) is 0 Å². The second kappa shape index (κ2) is 11.4. The van der Waals surface area contributed by atoms with Crippen LogP contribution in [0.3, 0.4) is 0 Å². The molecule has 31 heavy (non-hydrogen) atoms. The maximum atomic E-state index is 12.0. The molecule has 0 saturated carbocycles. The summed E-state index contributed by atoms with van der Waals surface area (Å²) < 4.78 is 17.6. The maximum absolute atomic E-state index is 12.0. The van der Waals surface area contributed by atoms with Crippen molar-refractivity contribution in [3.8, 4) is 17.2 Å². The molecule has 160 valence electrons. The minimum Gasteiger partial charge on any atom is -0.497 e. The summed E-state index contributed by atoms with van der Waals surface area (Å²) >= 11 is 9.27. The smallest absolute Gasteiger partial charge is 0.277 e. The van der Waals surface area contributed by atoms with Gasteiger partial charge in [-0.1, -0.05) is 39.7 Å². The lowest BCUT2D eigenvalue weighted by Crippen LogP contribution is -2.24. The topological polar surface area (TPSA) is 69.2 Å². The molecule has 0 aromatic heterocycles. The Morgan fingerprint density at radius 1 is 1.06 bits per heavy atom. The van der Waals surface area contributed by atoms with Crippen LogP contribution in [0.15, 0.2) is 76.3 Å². The molecule has 1 amide bonds. The van der Waals surface area contributed by atoms with Gasteiger partial charge in [-0.2, -0.15) is 5.10 Å². The fourth-order valence-corrected chi connectivity index (χ4v) is 3.13. The van der Waals surface area contributed by atoms with Gasteiger partial charge in [-0.05, 0) is 60.2 Å². The third-order valence-electron chi connectivity index (χ3n) is 4.08. The first-order valence-electron chi connectivity index (χ1n) is 9.29. The SMILES string of the molecule is COc1ccc(OCc2cccc(Br)c2)c(/C=N\NC(=O)COc2ccc(Cl)cc2)c1. The monoisotopic (exact) mass is 502 g/mol. The highest BCUT2D eigenvalue weighted by atomic mass is 79.9. The van der Waals surface area contributed by atoms with E-state index in [4.69, 9.17) is 25.8 Å². The molecule has 0 bridgehead atoms. The number of nitrogens with zero attached hydrogens (tertiary/aromatic N) is 1. The van der Waals surface area contributed by atoms with Gasteiger partial charge in [-0.3, -0.25) is 4.79 Å². The number of rotatable bonds is 9. The normalized spacial score (nSPS) is 10.7. The van der Waals surface area contributed by atoms with E-state index in [0.717, 1.165) is 10.0 Å². The van der Waals surface area contributed by atoms with Crippen LogP contribution in [0, 0.1) is 0 Å². The van der Waals surface area contributed by atoms with Crippen molar-refractivity contribution < 1.29 is 19.0 Å². The molecule has 0 saturated heterocycles. The van der Waals surface area contributed by atoms with Crippen molar-refractivity contribution in [1.82, 2.24) is 5.43 Å². The Labute approximate surface area is 193 Å². The van der Waals surface area contributed by atoms with Crippen LogP contribution in [0.2, 0.25) is 5.02 Å². The van der Waals surface area contributed by atoms with Crippen LogP contribution in [-0.2, 0) is 11.4 Å². The predicted molar refractivity (Wildman–Crippen MR) is 124 cm³/mol. The molecule has 0 radical (unpaired) electrons. The van der Waals surface area contributed by atoms with Crippen molar-refractivity contribution in [1.29, 1.82) is 0 Å². The largest absolute Gasteiger partial charge is 0.497 e. The Morgan fingerprint density at radius 2 is 1.84 bits per heavy atom. The van der Waals surface area contributed by atoms with E-state index in [1.54, 1.807) is 49.6 Å². The molecule has 0 aliphatic heterocycles. The number of hydrogen-bond acceptors (Lipinski definition) is 5. The highest BCUT2D eigenvalue weighted by Gasteiger charge is 2.06. The summed E-state index contributed by atoms with van der Waals surface area (Å²) in [5, 5.41) is 4.60. The molecule has 3 rings (SSSR count). The first kappa shape index (κ1) is 22.7. The molecule has 8 heteroatoms.